The van der Waals surface area contributed by atoms with Crippen LogP contribution in [0.5, 0.6) is 11.5 Å². The second-order valence-corrected chi connectivity index (χ2v) is 4.62. The number of aryl methyl sites for hydroxylation is 1. The Morgan fingerprint density at radius 2 is 1.95 bits per heavy atom. The van der Waals surface area contributed by atoms with Crippen molar-refractivity contribution in [3.63, 3.8) is 0 Å². The van der Waals surface area contributed by atoms with E-state index < -0.39 is 0 Å². The van der Waals surface area contributed by atoms with Gasteiger partial charge in [0, 0.05) is 12.6 Å². The summed E-state index contributed by atoms with van der Waals surface area (Å²) in [5.41, 5.74) is 7.12. The monoisotopic (exact) mass is 259 g/mol. The molecule has 0 bridgehead atoms. The molecule has 0 spiro atoms. The standard InChI is InChI=1S/C15H21N3O/c1-3-9-18-11-14(10-17-18)19-13-7-5-12(6-8-13)15(16)4-2/h5-8,10-11,15H,3-4,9,16H2,1-2H3. The first-order chi connectivity index (χ1) is 9.22. The number of benzene rings is 1. The van der Waals surface area contributed by atoms with E-state index in [1.807, 2.05) is 35.1 Å². The highest BCUT2D eigenvalue weighted by Gasteiger charge is 2.04. The van der Waals surface area contributed by atoms with Gasteiger partial charge in [-0.15, -0.1) is 0 Å². The van der Waals surface area contributed by atoms with Gasteiger partial charge < -0.3 is 10.5 Å². The maximum absolute atomic E-state index is 5.98. The van der Waals surface area contributed by atoms with Crippen molar-refractivity contribution in [2.45, 2.75) is 39.3 Å². The highest BCUT2D eigenvalue weighted by atomic mass is 16.5. The Morgan fingerprint density at radius 1 is 1.21 bits per heavy atom. The molecule has 102 valence electrons. The lowest BCUT2D eigenvalue weighted by Gasteiger charge is -2.09. The van der Waals surface area contributed by atoms with E-state index in [-0.39, 0.29) is 6.04 Å². The SMILES string of the molecule is CCCn1cc(Oc2ccc(C(N)CC)cc2)cn1. The zero-order valence-electron chi connectivity index (χ0n) is 11.5. The van der Waals surface area contributed by atoms with Crippen LogP contribution in [0.15, 0.2) is 36.7 Å². The van der Waals surface area contributed by atoms with E-state index >= 15 is 0 Å². The van der Waals surface area contributed by atoms with Crippen LogP contribution in [0.4, 0.5) is 0 Å². The molecule has 1 heterocycles. The molecule has 0 saturated carbocycles. The van der Waals surface area contributed by atoms with E-state index in [9.17, 15) is 0 Å². The lowest BCUT2D eigenvalue weighted by Crippen LogP contribution is -2.07. The van der Waals surface area contributed by atoms with Gasteiger partial charge in [0.25, 0.3) is 0 Å². The van der Waals surface area contributed by atoms with Crippen LogP contribution >= 0.6 is 0 Å². The number of nitrogens with two attached hydrogens (primary N) is 1. The Balaban J connectivity index is 2.02. The van der Waals surface area contributed by atoms with E-state index in [2.05, 4.69) is 18.9 Å². The Hall–Kier alpha value is -1.81. The van der Waals surface area contributed by atoms with Gasteiger partial charge in [0.2, 0.25) is 0 Å². The summed E-state index contributed by atoms with van der Waals surface area (Å²) in [5, 5.41) is 4.23. The maximum atomic E-state index is 5.98. The summed E-state index contributed by atoms with van der Waals surface area (Å²) in [6.45, 7) is 5.11. The normalized spacial score (nSPS) is 12.4. The van der Waals surface area contributed by atoms with E-state index in [0.717, 1.165) is 36.4 Å². The molecule has 19 heavy (non-hydrogen) atoms. The average Bonchev–Trinajstić information content (AvgIpc) is 2.86. The molecule has 1 aromatic carbocycles. The first-order valence-corrected chi connectivity index (χ1v) is 6.78. The maximum Gasteiger partial charge on any atom is 0.165 e. The molecule has 0 aliphatic carbocycles. The Bertz CT molecular complexity index is 504. The third-order valence-electron chi connectivity index (χ3n) is 3.05. The third kappa shape index (κ3) is 3.58. The van der Waals surface area contributed by atoms with Gasteiger partial charge in [-0.3, -0.25) is 4.68 Å². The molecule has 1 unspecified atom stereocenters. The predicted octanol–water partition coefficient (Wildman–Crippen LogP) is 3.50. The zero-order valence-corrected chi connectivity index (χ0v) is 11.5. The molecule has 4 heteroatoms. The summed E-state index contributed by atoms with van der Waals surface area (Å²) in [6.07, 6.45) is 5.64. The number of hydrogen-bond donors (Lipinski definition) is 1. The number of ether oxygens (including phenoxy) is 1. The number of aromatic nitrogens is 2. The molecule has 1 aromatic heterocycles. The number of hydrogen-bond acceptors (Lipinski definition) is 3. The fourth-order valence-corrected chi connectivity index (χ4v) is 1.90. The number of rotatable bonds is 6. The molecule has 2 N–H and O–H groups in total. The fourth-order valence-electron chi connectivity index (χ4n) is 1.90. The van der Waals surface area contributed by atoms with Crippen molar-refractivity contribution in [1.82, 2.24) is 9.78 Å². The van der Waals surface area contributed by atoms with Crippen LogP contribution in [-0.2, 0) is 6.54 Å². The first kappa shape index (κ1) is 13.6. The molecule has 0 fully saturated rings. The van der Waals surface area contributed by atoms with Gasteiger partial charge in [0.15, 0.2) is 5.75 Å². The molecule has 2 rings (SSSR count). The first-order valence-electron chi connectivity index (χ1n) is 6.78. The van der Waals surface area contributed by atoms with Crippen LogP contribution in [0.3, 0.4) is 0 Å². The minimum atomic E-state index is 0.0985. The van der Waals surface area contributed by atoms with Gasteiger partial charge in [-0.2, -0.15) is 5.10 Å². The van der Waals surface area contributed by atoms with E-state index in [4.69, 9.17) is 10.5 Å². The molecule has 2 aromatic rings. The van der Waals surface area contributed by atoms with Crippen molar-refractivity contribution in [2.24, 2.45) is 5.73 Å². The second kappa shape index (κ2) is 6.38. The summed E-state index contributed by atoms with van der Waals surface area (Å²) in [6, 6.07) is 8.02. The topological polar surface area (TPSA) is 53.1 Å². The van der Waals surface area contributed by atoms with Crippen LogP contribution in [0, 0.1) is 0 Å². The molecule has 0 aliphatic rings. The van der Waals surface area contributed by atoms with Crippen LogP contribution in [0.25, 0.3) is 0 Å². The smallest absolute Gasteiger partial charge is 0.165 e. The van der Waals surface area contributed by atoms with Crippen LogP contribution < -0.4 is 10.5 Å². The van der Waals surface area contributed by atoms with Crippen molar-refractivity contribution < 1.29 is 4.74 Å². The van der Waals surface area contributed by atoms with Crippen molar-refractivity contribution in [3.8, 4) is 11.5 Å². The molecule has 1 atom stereocenters. The van der Waals surface area contributed by atoms with Gasteiger partial charge >= 0.3 is 0 Å². The van der Waals surface area contributed by atoms with Gasteiger partial charge in [0.05, 0.1) is 12.4 Å². The van der Waals surface area contributed by atoms with Gasteiger partial charge in [-0.25, -0.2) is 0 Å². The van der Waals surface area contributed by atoms with Crippen molar-refractivity contribution in [2.75, 3.05) is 0 Å². The third-order valence-corrected chi connectivity index (χ3v) is 3.05. The van der Waals surface area contributed by atoms with Crippen LogP contribution in [0.2, 0.25) is 0 Å². The largest absolute Gasteiger partial charge is 0.454 e. The zero-order chi connectivity index (χ0) is 13.7. The highest BCUT2D eigenvalue weighted by Crippen LogP contribution is 2.23. The summed E-state index contributed by atoms with van der Waals surface area (Å²) in [5.74, 6) is 1.57. The minimum absolute atomic E-state index is 0.0985. The lowest BCUT2D eigenvalue weighted by molar-refractivity contribution is 0.480. The minimum Gasteiger partial charge on any atom is -0.454 e. The average molecular weight is 259 g/mol. The molecule has 4 nitrogen and oxygen atoms in total. The summed E-state index contributed by atoms with van der Waals surface area (Å²) in [4.78, 5) is 0. The van der Waals surface area contributed by atoms with Crippen molar-refractivity contribution in [1.29, 1.82) is 0 Å². The Kier molecular flexibility index (Phi) is 4.58. The summed E-state index contributed by atoms with van der Waals surface area (Å²) < 4.78 is 7.64. The molecular formula is C15H21N3O. The van der Waals surface area contributed by atoms with Crippen LogP contribution in [-0.4, -0.2) is 9.78 Å². The number of nitrogens with zero attached hydrogens (tertiary/aromatic N) is 2. The predicted molar refractivity (Wildman–Crippen MR) is 76.3 cm³/mol. The molecule has 0 aliphatic heterocycles. The van der Waals surface area contributed by atoms with E-state index in [1.54, 1.807) is 6.20 Å². The fraction of sp³-hybridized carbons (Fsp3) is 0.400. The van der Waals surface area contributed by atoms with Crippen LogP contribution in [0.1, 0.15) is 38.3 Å². The second-order valence-electron chi connectivity index (χ2n) is 4.62. The van der Waals surface area contributed by atoms with Crippen molar-refractivity contribution >= 4 is 0 Å². The van der Waals surface area contributed by atoms with E-state index in [1.165, 1.54) is 0 Å². The van der Waals surface area contributed by atoms with Gasteiger partial charge in [-0.1, -0.05) is 26.0 Å². The van der Waals surface area contributed by atoms with Crippen molar-refractivity contribution in [3.05, 3.63) is 42.2 Å². The summed E-state index contributed by atoms with van der Waals surface area (Å²) in [7, 11) is 0. The highest BCUT2D eigenvalue weighted by molar-refractivity contribution is 5.32. The molecule has 0 saturated heterocycles. The molecular weight excluding hydrogens is 238 g/mol. The van der Waals surface area contributed by atoms with Gasteiger partial charge in [-0.05, 0) is 30.5 Å². The molecule has 0 radical (unpaired) electrons. The quantitative estimate of drug-likeness (QED) is 0.863. The molecule has 0 amide bonds. The van der Waals surface area contributed by atoms with Gasteiger partial charge in [0.1, 0.15) is 5.75 Å². The Labute approximate surface area is 114 Å². The Morgan fingerprint density at radius 3 is 2.58 bits per heavy atom. The van der Waals surface area contributed by atoms with E-state index in [0.29, 0.717) is 0 Å². The summed E-state index contributed by atoms with van der Waals surface area (Å²) >= 11 is 0. The lowest BCUT2D eigenvalue weighted by atomic mass is 10.1.